The third-order valence-corrected chi connectivity index (χ3v) is 5.78. The van der Waals surface area contributed by atoms with E-state index in [0.29, 0.717) is 0 Å². The second kappa shape index (κ2) is 8.71. The summed E-state index contributed by atoms with van der Waals surface area (Å²) in [6, 6.07) is 12.4. The Hall–Kier alpha value is -3.48. The molecule has 0 bridgehead atoms. The molecule has 160 valence electrons. The Bertz CT molecular complexity index is 1030. The van der Waals surface area contributed by atoms with Gasteiger partial charge in [-0.25, -0.2) is 0 Å². The van der Waals surface area contributed by atoms with Crippen molar-refractivity contribution in [2.24, 2.45) is 0 Å². The van der Waals surface area contributed by atoms with Crippen LogP contribution in [-0.2, 0) is 27.2 Å². The van der Waals surface area contributed by atoms with Crippen molar-refractivity contribution in [2.45, 2.75) is 38.6 Å². The number of fused-ring (bicyclic) bond motifs is 2. The van der Waals surface area contributed by atoms with Gasteiger partial charge >= 0.3 is 5.97 Å². The van der Waals surface area contributed by atoms with Gasteiger partial charge in [-0.05, 0) is 61.4 Å². The van der Waals surface area contributed by atoms with Crippen LogP contribution in [0.4, 0.5) is 0 Å². The molecular formula is C24H24N2O5. The van der Waals surface area contributed by atoms with Gasteiger partial charge in [-0.1, -0.05) is 30.3 Å². The van der Waals surface area contributed by atoms with E-state index in [1.165, 1.54) is 36.1 Å². The fourth-order valence-electron chi connectivity index (χ4n) is 4.09. The van der Waals surface area contributed by atoms with Gasteiger partial charge in [0, 0.05) is 0 Å². The zero-order valence-corrected chi connectivity index (χ0v) is 17.3. The third-order valence-electron chi connectivity index (χ3n) is 5.78. The minimum absolute atomic E-state index is 0.227. The molecule has 1 aliphatic carbocycles. The van der Waals surface area contributed by atoms with Gasteiger partial charge in [-0.2, -0.15) is 0 Å². The summed E-state index contributed by atoms with van der Waals surface area (Å²) < 4.78 is 4.99. The highest BCUT2D eigenvalue weighted by Crippen LogP contribution is 2.25. The molecule has 31 heavy (non-hydrogen) atoms. The Morgan fingerprint density at radius 3 is 2.32 bits per heavy atom. The fraction of sp³-hybridized carbons (Fsp3) is 0.333. The minimum Gasteiger partial charge on any atom is -0.454 e. The van der Waals surface area contributed by atoms with Crippen LogP contribution in [0.3, 0.4) is 0 Å². The van der Waals surface area contributed by atoms with Gasteiger partial charge in [-0.15, -0.1) is 0 Å². The van der Waals surface area contributed by atoms with Gasteiger partial charge in [0.15, 0.2) is 6.61 Å². The van der Waals surface area contributed by atoms with E-state index in [1.807, 2.05) is 13.0 Å². The largest absolute Gasteiger partial charge is 0.454 e. The number of aryl methyl sites for hydroxylation is 2. The van der Waals surface area contributed by atoms with Gasteiger partial charge in [0.1, 0.15) is 6.54 Å². The molecule has 0 radical (unpaired) electrons. The molecule has 1 N–H and O–H groups in total. The van der Waals surface area contributed by atoms with E-state index >= 15 is 0 Å². The molecule has 2 aromatic carbocycles. The predicted octanol–water partition coefficient (Wildman–Crippen LogP) is 2.58. The topological polar surface area (TPSA) is 92.8 Å². The summed E-state index contributed by atoms with van der Waals surface area (Å²) in [4.78, 5) is 49.8. The smallest absolute Gasteiger partial charge is 0.326 e. The second-order valence-corrected chi connectivity index (χ2v) is 7.93. The SMILES string of the molecule is C[C@@H](NC(=O)COC(=O)CN1C(=O)c2ccccc2C1=O)c1ccc2c(c1)CCCC2. The molecular weight excluding hydrogens is 396 g/mol. The highest BCUT2D eigenvalue weighted by Gasteiger charge is 2.36. The number of rotatable bonds is 6. The quantitative estimate of drug-likeness (QED) is 0.573. The van der Waals surface area contributed by atoms with Gasteiger partial charge in [0.25, 0.3) is 17.7 Å². The van der Waals surface area contributed by atoms with Crippen molar-refractivity contribution in [3.05, 3.63) is 70.3 Å². The number of hydrogen-bond donors (Lipinski definition) is 1. The summed E-state index contributed by atoms with van der Waals surface area (Å²) in [5, 5.41) is 2.82. The first kappa shape index (κ1) is 20.8. The van der Waals surface area contributed by atoms with Crippen molar-refractivity contribution in [1.29, 1.82) is 0 Å². The first-order valence-corrected chi connectivity index (χ1v) is 10.5. The normalized spacial score (nSPS) is 15.8. The van der Waals surface area contributed by atoms with E-state index in [2.05, 4.69) is 17.4 Å². The van der Waals surface area contributed by atoms with Crippen LogP contribution in [0.25, 0.3) is 0 Å². The fourth-order valence-corrected chi connectivity index (χ4v) is 4.09. The number of ether oxygens (including phenoxy) is 1. The summed E-state index contributed by atoms with van der Waals surface area (Å²) in [6.07, 6.45) is 4.55. The number of hydrogen-bond acceptors (Lipinski definition) is 5. The van der Waals surface area contributed by atoms with Crippen LogP contribution in [0.2, 0.25) is 0 Å². The predicted molar refractivity (Wildman–Crippen MR) is 112 cm³/mol. The number of benzene rings is 2. The lowest BCUT2D eigenvalue weighted by Crippen LogP contribution is -2.37. The molecule has 0 fully saturated rings. The van der Waals surface area contributed by atoms with Gasteiger partial charge < -0.3 is 10.1 Å². The molecule has 0 saturated heterocycles. The third kappa shape index (κ3) is 4.35. The van der Waals surface area contributed by atoms with E-state index < -0.39 is 36.8 Å². The Morgan fingerprint density at radius 2 is 1.65 bits per heavy atom. The van der Waals surface area contributed by atoms with Crippen molar-refractivity contribution in [1.82, 2.24) is 10.2 Å². The van der Waals surface area contributed by atoms with Crippen LogP contribution in [0, 0.1) is 0 Å². The summed E-state index contributed by atoms with van der Waals surface area (Å²) >= 11 is 0. The van der Waals surface area contributed by atoms with Gasteiger partial charge in [-0.3, -0.25) is 24.1 Å². The number of carbonyl (C=O) groups excluding carboxylic acids is 4. The summed E-state index contributed by atoms with van der Waals surface area (Å²) in [6.45, 7) is 0.875. The van der Waals surface area contributed by atoms with Crippen molar-refractivity contribution >= 4 is 23.7 Å². The zero-order chi connectivity index (χ0) is 22.0. The van der Waals surface area contributed by atoms with Crippen molar-refractivity contribution in [3.8, 4) is 0 Å². The van der Waals surface area contributed by atoms with Gasteiger partial charge in [0.05, 0.1) is 17.2 Å². The zero-order valence-electron chi connectivity index (χ0n) is 17.3. The molecule has 0 aromatic heterocycles. The number of esters is 1. The average molecular weight is 420 g/mol. The number of nitrogens with zero attached hydrogens (tertiary/aromatic N) is 1. The van der Waals surface area contributed by atoms with Crippen LogP contribution in [-0.4, -0.2) is 41.7 Å². The van der Waals surface area contributed by atoms with Crippen molar-refractivity contribution in [3.63, 3.8) is 0 Å². The number of amides is 3. The van der Waals surface area contributed by atoms with Crippen LogP contribution >= 0.6 is 0 Å². The lowest BCUT2D eigenvalue weighted by Gasteiger charge is -2.20. The molecule has 1 heterocycles. The lowest BCUT2D eigenvalue weighted by atomic mass is 9.89. The van der Waals surface area contributed by atoms with E-state index in [1.54, 1.807) is 12.1 Å². The van der Waals surface area contributed by atoms with E-state index in [4.69, 9.17) is 4.74 Å². The number of nitrogens with one attached hydrogen (secondary N) is 1. The average Bonchev–Trinajstić information content (AvgIpc) is 3.02. The molecule has 4 rings (SSSR count). The molecule has 7 nitrogen and oxygen atoms in total. The maximum atomic E-state index is 12.3. The molecule has 0 saturated carbocycles. The van der Waals surface area contributed by atoms with E-state index in [0.717, 1.165) is 23.3 Å². The first-order valence-electron chi connectivity index (χ1n) is 10.5. The van der Waals surface area contributed by atoms with Crippen LogP contribution in [0.5, 0.6) is 0 Å². The van der Waals surface area contributed by atoms with Crippen LogP contribution in [0.15, 0.2) is 42.5 Å². The van der Waals surface area contributed by atoms with Crippen molar-refractivity contribution in [2.75, 3.05) is 13.2 Å². The highest BCUT2D eigenvalue weighted by molar-refractivity contribution is 6.22. The van der Waals surface area contributed by atoms with Crippen molar-refractivity contribution < 1.29 is 23.9 Å². The minimum atomic E-state index is -0.814. The summed E-state index contributed by atoms with van der Waals surface area (Å²) in [5.74, 6) is -2.34. The van der Waals surface area contributed by atoms with E-state index in [9.17, 15) is 19.2 Å². The molecule has 2 aliphatic rings. The molecule has 7 heteroatoms. The monoisotopic (exact) mass is 420 g/mol. The number of imide groups is 1. The Labute approximate surface area is 180 Å². The Kier molecular flexibility index (Phi) is 5.84. The first-order chi connectivity index (χ1) is 14.9. The molecule has 3 amide bonds. The highest BCUT2D eigenvalue weighted by atomic mass is 16.5. The number of carbonyl (C=O) groups is 4. The molecule has 0 spiro atoms. The van der Waals surface area contributed by atoms with Crippen LogP contribution < -0.4 is 5.32 Å². The molecule has 1 atom stereocenters. The molecule has 0 unspecified atom stereocenters. The van der Waals surface area contributed by atoms with Gasteiger partial charge in [0.2, 0.25) is 0 Å². The molecule has 1 aliphatic heterocycles. The Balaban J connectivity index is 1.28. The summed E-state index contributed by atoms with van der Waals surface area (Å²) in [5.41, 5.74) is 4.23. The molecule has 2 aromatic rings. The van der Waals surface area contributed by atoms with E-state index in [-0.39, 0.29) is 17.2 Å². The lowest BCUT2D eigenvalue weighted by molar-refractivity contribution is -0.148. The maximum Gasteiger partial charge on any atom is 0.326 e. The summed E-state index contributed by atoms with van der Waals surface area (Å²) in [7, 11) is 0. The second-order valence-electron chi connectivity index (χ2n) is 7.93. The Morgan fingerprint density at radius 1 is 1.00 bits per heavy atom. The standard InChI is InChI=1S/C24H24N2O5/c1-15(17-11-10-16-6-2-3-7-18(16)12-17)25-21(27)14-31-22(28)13-26-23(29)19-8-4-5-9-20(19)24(26)30/h4-5,8-12,15H,2-3,6-7,13-14H2,1H3,(H,25,27)/t15-/m1/s1. The maximum absolute atomic E-state index is 12.3. The van der Waals surface area contributed by atoms with Crippen LogP contribution in [0.1, 0.15) is 63.2 Å².